The molecule has 0 saturated carbocycles. The van der Waals surface area contributed by atoms with Crippen molar-refractivity contribution in [2.75, 3.05) is 6.54 Å². The van der Waals surface area contributed by atoms with Gasteiger partial charge in [0.15, 0.2) is 0 Å². The van der Waals surface area contributed by atoms with Gasteiger partial charge in [0.2, 0.25) is 5.91 Å². The Labute approximate surface area is 165 Å². The molecular weight excluding hydrogens is 375 g/mol. The van der Waals surface area contributed by atoms with Gasteiger partial charge in [-0.25, -0.2) is 9.18 Å². The highest BCUT2D eigenvalue weighted by Crippen LogP contribution is 2.26. The highest BCUT2D eigenvalue weighted by molar-refractivity contribution is 6.04. The molecule has 1 aromatic heterocycles. The van der Waals surface area contributed by atoms with Crippen molar-refractivity contribution >= 4 is 22.6 Å². The first-order valence-corrected chi connectivity index (χ1v) is 9.41. The molecule has 1 saturated heterocycles. The Balaban J connectivity index is 2.08. The second kappa shape index (κ2) is 7.50. The van der Waals surface area contributed by atoms with Crippen LogP contribution in [0.3, 0.4) is 0 Å². The summed E-state index contributed by atoms with van der Waals surface area (Å²) in [5, 5.41) is 9.73. The number of carbonyl (C=O) groups excluding carboxylic acids is 1. The first-order chi connectivity index (χ1) is 14.0. The van der Waals surface area contributed by atoms with Gasteiger partial charge in [-0.1, -0.05) is 30.3 Å². The van der Waals surface area contributed by atoms with Crippen LogP contribution in [0.4, 0.5) is 4.39 Å². The number of carboxylic acid groups (broad SMARTS) is 1. The lowest BCUT2D eigenvalue weighted by Crippen LogP contribution is -2.38. The number of aromatic carboxylic acids is 1. The molecule has 6 nitrogen and oxygen atoms in total. The zero-order valence-electron chi connectivity index (χ0n) is 15.6. The summed E-state index contributed by atoms with van der Waals surface area (Å²) < 4.78 is 15.8. The largest absolute Gasteiger partial charge is 0.478 e. The lowest BCUT2D eigenvalue weighted by Gasteiger charge is -2.29. The van der Waals surface area contributed by atoms with Crippen LogP contribution in [0.5, 0.6) is 0 Å². The van der Waals surface area contributed by atoms with Crippen molar-refractivity contribution in [2.24, 2.45) is 0 Å². The normalized spacial score (nSPS) is 14.4. The average Bonchev–Trinajstić information content (AvgIpc) is 2.70. The Morgan fingerprint density at radius 1 is 1.03 bits per heavy atom. The molecule has 148 valence electrons. The fourth-order valence-corrected chi connectivity index (χ4v) is 3.90. The molecule has 0 bridgehead atoms. The third-order valence-corrected chi connectivity index (χ3v) is 5.25. The maximum Gasteiger partial charge on any atom is 0.338 e. The summed E-state index contributed by atoms with van der Waals surface area (Å²) in [6.07, 6.45) is 1.99. The van der Waals surface area contributed by atoms with E-state index in [-0.39, 0.29) is 34.5 Å². The lowest BCUT2D eigenvalue weighted by atomic mass is 10.0. The van der Waals surface area contributed by atoms with E-state index in [9.17, 15) is 23.9 Å². The van der Waals surface area contributed by atoms with Crippen LogP contribution < -0.4 is 5.56 Å². The second-order valence-corrected chi connectivity index (χ2v) is 7.04. The van der Waals surface area contributed by atoms with Crippen LogP contribution in [0.2, 0.25) is 0 Å². The molecule has 29 heavy (non-hydrogen) atoms. The van der Waals surface area contributed by atoms with Crippen LogP contribution in [-0.2, 0) is 11.3 Å². The van der Waals surface area contributed by atoms with Crippen molar-refractivity contribution in [2.45, 2.75) is 25.8 Å². The van der Waals surface area contributed by atoms with E-state index >= 15 is 0 Å². The molecule has 3 aromatic rings. The molecular formula is C22H19FN2O4. The minimum absolute atomic E-state index is 0.0307. The van der Waals surface area contributed by atoms with Gasteiger partial charge in [-0.15, -0.1) is 0 Å². The summed E-state index contributed by atoms with van der Waals surface area (Å²) >= 11 is 0. The predicted molar refractivity (Wildman–Crippen MR) is 106 cm³/mol. The number of carbonyl (C=O) groups is 2. The number of amides is 1. The number of piperidine rings is 1. The smallest absolute Gasteiger partial charge is 0.338 e. The number of benzene rings is 2. The summed E-state index contributed by atoms with van der Waals surface area (Å²) in [5.74, 6) is -2.14. The van der Waals surface area contributed by atoms with E-state index in [2.05, 4.69) is 0 Å². The van der Waals surface area contributed by atoms with Crippen LogP contribution in [0, 0.1) is 5.82 Å². The minimum atomic E-state index is -1.27. The predicted octanol–water partition coefficient (Wildman–Crippen LogP) is 3.34. The molecule has 1 amide bonds. The van der Waals surface area contributed by atoms with Crippen LogP contribution in [0.1, 0.15) is 35.3 Å². The summed E-state index contributed by atoms with van der Waals surface area (Å²) in [4.78, 5) is 39.4. The van der Waals surface area contributed by atoms with Gasteiger partial charge in [0.05, 0.1) is 23.2 Å². The molecule has 0 spiro atoms. The second-order valence-electron chi connectivity index (χ2n) is 7.04. The standard InChI is InChI=1S/C22H19FN2O4/c23-16-10-6-9-15-19(16)21(27)25(14-7-2-1-3-8-14)17(20(15)22(28)29)13-24-12-5-4-11-18(24)26/h1-3,6-10H,4-5,11-13H2,(H,28,29). The molecule has 0 radical (unpaired) electrons. The number of aromatic nitrogens is 1. The first-order valence-electron chi connectivity index (χ1n) is 9.41. The van der Waals surface area contributed by atoms with Gasteiger partial charge in [-0.2, -0.15) is 0 Å². The minimum Gasteiger partial charge on any atom is -0.478 e. The zero-order valence-corrected chi connectivity index (χ0v) is 15.6. The summed E-state index contributed by atoms with van der Waals surface area (Å²) in [6, 6.07) is 12.4. The maximum atomic E-state index is 14.6. The third-order valence-electron chi connectivity index (χ3n) is 5.25. The summed E-state index contributed by atoms with van der Waals surface area (Å²) in [6.45, 7) is 0.457. The number of likely N-dealkylation sites (tertiary alicyclic amines) is 1. The van der Waals surface area contributed by atoms with E-state index in [0.717, 1.165) is 18.9 Å². The lowest BCUT2D eigenvalue weighted by molar-refractivity contribution is -0.133. The molecule has 0 unspecified atom stereocenters. The molecule has 2 heterocycles. The molecule has 1 aliphatic rings. The Bertz CT molecular complexity index is 1170. The summed E-state index contributed by atoms with van der Waals surface area (Å²) in [7, 11) is 0. The molecule has 7 heteroatoms. The number of halogens is 1. The van der Waals surface area contributed by atoms with Gasteiger partial charge in [-0.05, 0) is 31.0 Å². The van der Waals surface area contributed by atoms with E-state index in [1.807, 2.05) is 0 Å². The van der Waals surface area contributed by atoms with Crippen molar-refractivity contribution < 1.29 is 19.1 Å². The van der Waals surface area contributed by atoms with Gasteiger partial charge < -0.3 is 10.0 Å². The number of para-hydroxylation sites is 1. The van der Waals surface area contributed by atoms with Crippen LogP contribution in [-0.4, -0.2) is 33.0 Å². The van der Waals surface area contributed by atoms with Crippen molar-refractivity contribution in [3.8, 4) is 5.69 Å². The molecule has 0 atom stereocenters. The molecule has 4 rings (SSSR count). The summed E-state index contributed by atoms with van der Waals surface area (Å²) in [5.41, 5.74) is -0.221. The van der Waals surface area contributed by atoms with E-state index in [1.54, 1.807) is 35.2 Å². The molecule has 1 aliphatic heterocycles. The number of pyridine rings is 1. The number of rotatable bonds is 4. The number of fused-ring (bicyclic) bond motifs is 1. The molecule has 0 aliphatic carbocycles. The fraction of sp³-hybridized carbons (Fsp3) is 0.227. The van der Waals surface area contributed by atoms with Gasteiger partial charge in [-0.3, -0.25) is 14.2 Å². The van der Waals surface area contributed by atoms with E-state index < -0.39 is 17.3 Å². The van der Waals surface area contributed by atoms with Crippen molar-refractivity contribution in [3.05, 3.63) is 76.0 Å². The van der Waals surface area contributed by atoms with E-state index in [4.69, 9.17) is 0 Å². The van der Waals surface area contributed by atoms with Crippen LogP contribution >= 0.6 is 0 Å². The number of hydrogen-bond donors (Lipinski definition) is 1. The highest BCUT2D eigenvalue weighted by atomic mass is 19.1. The Hall–Kier alpha value is -3.48. The first kappa shape index (κ1) is 18.9. The zero-order chi connectivity index (χ0) is 20.5. The average molecular weight is 394 g/mol. The quantitative estimate of drug-likeness (QED) is 0.736. The van der Waals surface area contributed by atoms with E-state index in [1.165, 1.54) is 16.7 Å². The molecule has 2 aromatic carbocycles. The molecule has 1 fully saturated rings. The van der Waals surface area contributed by atoms with Gasteiger partial charge in [0.25, 0.3) is 5.56 Å². The van der Waals surface area contributed by atoms with Gasteiger partial charge in [0, 0.05) is 24.0 Å². The fourth-order valence-electron chi connectivity index (χ4n) is 3.90. The van der Waals surface area contributed by atoms with Gasteiger partial charge in [0.1, 0.15) is 5.82 Å². The van der Waals surface area contributed by atoms with Crippen molar-refractivity contribution in [1.29, 1.82) is 0 Å². The monoisotopic (exact) mass is 394 g/mol. The van der Waals surface area contributed by atoms with Crippen molar-refractivity contribution in [1.82, 2.24) is 9.47 Å². The van der Waals surface area contributed by atoms with Crippen molar-refractivity contribution in [3.63, 3.8) is 0 Å². The topological polar surface area (TPSA) is 79.6 Å². The van der Waals surface area contributed by atoms with Crippen LogP contribution in [0.25, 0.3) is 16.5 Å². The Morgan fingerprint density at radius 2 is 1.79 bits per heavy atom. The SMILES string of the molecule is O=C(O)c1c(CN2CCCCC2=O)n(-c2ccccc2)c(=O)c2c(F)cccc12. The van der Waals surface area contributed by atoms with Crippen LogP contribution in [0.15, 0.2) is 53.3 Å². The maximum absolute atomic E-state index is 14.6. The third kappa shape index (κ3) is 3.29. The van der Waals surface area contributed by atoms with Gasteiger partial charge >= 0.3 is 5.97 Å². The Kier molecular flexibility index (Phi) is 4.88. The van der Waals surface area contributed by atoms with E-state index in [0.29, 0.717) is 18.7 Å². The number of hydrogen-bond acceptors (Lipinski definition) is 3. The number of nitrogens with zero attached hydrogens (tertiary/aromatic N) is 2. The Morgan fingerprint density at radius 3 is 2.48 bits per heavy atom. The number of carboxylic acids is 1. The molecule has 1 N–H and O–H groups in total. The highest BCUT2D eigenvalue weighted by Gasteiger charge is 2.27.